The molecule has 9 heteroatoms. The summed E-state index contributed by atoms with van der Waals surface area (Å²) in [5.41, 5.74) is -0.507. The Labute approximate surface area is 135 Å². The van der Waals surface area contributed by atoms with Crippen LogP contribution in [0, 0.1) is 5.82 Å². The number of ether oxygens (including phenoxy) is 3. The van der Waals surface area contributed by atoms with Gasteiger partial charge in [-0.2, -0.15) is 0 Å². The van der Waals surface area contributed by atoms with Crippen LogP contribution in [0.15, 0.2) is 30.0 Å². The summed E-state index contributed by atoms with van der Waals surface area (Å²) in [4.78, 5) is 23.5. The summed E-state index contributed by atoms with van der Waals surface area (Å²) in [5, 5.41) is 2.46. The molecule has 1 saturated heterocycles. The summed E-state index contributed by atoms with van der Waals surface area (Å²) in [7, 11) is 0. The van der Waals surface area contributed by atoms with E-state index < -0.39 is 42.1 Å². The van der Waals surface area contributed by atoms with Crippen molar-refractivity contribution in [3.05, 3.63) is 35.8 Å². The smallest absolute Gasteiger partial charge is 0.350 e. The highest BCUT2D eigenvalue weighted by Crippen LogP contribution is 2.27. The topological polar surface area (TPSA) is 73.9 Å². The number of benzene rings is 1. The summed E-state index contributed by atoms with van der Waals surface area (Å²) in [6, 6.07) is 3.12. The predicted molar refractivity (Wildman–Crippen MR) is 75.9 cm³/mol. The van der Waals surface area contributed by atoms with Gasteiger partial charge in [-0.1, -0.05) is 0 Å². The summed E-state index contributed by atoms with van der Waals surface area (Å²) in [5.74, 6) is -4.01. The SMILES string of the molecule is CC1(C)OC(=O)C(=CNc2cc(F)ccc2OCC(F)F)C(=O)O1. The highest BCUT2D eigenvalue weighted by atomic mass is 19.3. The fraction of sp³-hybridized carbons (Fsp3) is 0.333. The van der Waals surface area contributed by atoms with Crippen LogP contribution < -0.4 is 10.1 Å². The lowest BCUT2D eigenvalue weighted by Gasteiger charge is -2.29. The van der Waals surface area contributed by atoms with Crippen LogP contribution in [0.5, 0.6) is 5.75 Å². The van der Waals surface area contributed by atoms with Gasteiger partial charge in [-0.15, -0.1) is 0 Å². The monoisotopic (exact) mass is 345 g/mol. The third-order valence-corrected chi connectivity index (χ3v) is 2.80. The van der Waals surface area contributed by atoms with Gasteiger partial charge < -0.3 is 19.5 Å². The van der Waals surface area contributed by atoms with Gasteiger partial charge in [0.2, 0.25) is 0 Å². The Hall–Kier alpha value is -2.71. The minimum Gasteiger partial charge on any atom is -0.485 e. The van der Waals surface area contributed by atoms with Crippen LogP contribution in [0.1, 0.15) is 13.8 Å². The summed E-state index contributed by atoms with van der Waals surface area (Å²) < 4.78 is 52.4. The molecule has 1 aliphatic rings. The summed E-state index contributed by atoms with van der Waals surface area (Å²) in [6.07, 6.45) is -1.78. The molecule has 2 rings (SSSR count). The Morgan fingerprint density at radius 2 is 1.88 bits per heavy atom. The van der Waals surface area contributed by atoms with Crippen LogP contribution in [0.3, 0.4) is 0 Å². The molecule has 0 spiro atoms. The van der Waals surface area contributed by atoms with E-state index in [2.05, 4.69) is 5.32 Å². The first kappa shape index (κ1) is 17.6. The zero-order valence-corrected chi connectivity index (χ0v) is 12.8. The molecule has 1 fully saturated rings. The van der Waals surface area contributed by atoms with E-state index >= 15 is 0 Å². The largest absolute Gasteiger partial charge is 0.485 e. The molecule has 0 bridgehead atoms. The minimum atomic E-state index is -2.72. The standard InChI is InChI=1S/C15H14F3NO5/c1-15(2)23-13(20)9(14(21)24-15)6-19-10-5-8(16)3-4-11(10)22-7-12(17)18/h3-6,12,19H,7H2,1-2H3. The van der Waals surface area contributed by atoms with E-state index in [4.69, 9.17) is 14.2 Å². The van der Waals surface area contributed by atoms with Crippen LogP contribution in [-0.4, -0.2) is 30.8 Å². The van der Waals surface area contributed by atoms with Crippen molar-refractivity contribution in [3.8, 4) is 5.75 Å². The molecule has 0 saturated carbocycles. The van der Waals surface area contributed by atoms with Crippen molar-refractivity contribution in [2.75, 3.05) is 11.9 Å². The highest BCUT2D eigenvalue weighted by Gasteiger charge is 2.39. The van der Waals surface area contributed by atoms with Crippen molar-refractivity contribution >= 4 is 17.6 Å². The molecule has 1 aromatic rings. The van der Waals surface area contributed by atoms with Gasteiger partial charge >= 0.3 is 11.9 Å². The molecular formula is C15H14F3NO5. The number of rotatable bonds is 5. The Bertz CT molecular complexity index is 666. The number of esters is 2. The number of hydrogen-bond donors (Lipinski definition) is 1. The van der Waals surface area contributed by atoms with Crippen LogP contribution in [-0.2, 0) is 19.1 Å². The van der Waals surface area contributed by atoms with Gasteiger partial charge in [0.25, 0.3) is 12.2 Å². The van der Waals surface area contributed by atoms with Gasteiger partial charge in [-0.3, -0.25) is 0 Å². The van der Waals surface area contributed by atoms with E-state index in [1.165, 1.54) is 13.8 Å². The average Bonchev–Trinajstić information content (AvgIpc) is 2.44. The van der Waals surface area contributed by atoms with Crippen molar-refractivity contribution in [2.45, 2.75) is 26.1 Å². The maximum atomic E-state index is 13.3. The molecule has 0 amide bonds. The first-order valence-electron chi connectivity index (χ1n) is 6.82. The quantitative estimate of drug-likeness (QED) is 0.502. The molecule has 1 aliphatic heterocycles. The fourth-order valence-electron chi connectivity index (χ4n) is 1.82. The van der Waals surface area contributed by atoms with Crippen molar-refractivity contribution in [3.63, 3.8) is 0 Å². The lowest BCUT2D eigenvalue weighted by molar-refractivity contribution is -0.222. The van der Waals surface area contributed by atoms with Crippen molar-refractivity contribution in [2.24, 2.45) is 0 Å². The normalized spacial score (nSPS) is 16.5. The Morgan fingerprint density at radius 3 is 2.46 bits per heavy atom. The average molecular weight is 345 g/mol. The number of carbonyl (C=O) groups is 2. The zero-order valence-electron chi connectivity index (χ0n) is 12.8. The van der Waals surface area contributed by atoms with Gasteiger partial charge in [0.05, 0.1) is 5.69 Å². The van der Waals surface area contributed by atoms with Crippen LogP contribution in [0.4, 0.5) is 18.9 Å². The van der Waals surface area contributed by atoms with E-state index in [9.17, 15) is 22.8 Å². The first-order chi connectivity index (χ1) is 11.2. The van der Waals surface area contributed by atoms with Crippen LogP contribution in [0.25, 0.3) is 0 Å². The van der Waals surface area contributed by atoms with Crippen LogP contribution in [0.2, 0.25) is 0 Å². The molecule has 130 valence electrons. The van der Waals surface area contributed by atoms with E-state index in [1.54, 1.807) is 0 Å². The second-order valence-corrected chi connectivity index (χ2v) is 5.22. The summed E-state index contributed by atoms with van der Waals surface area (Å²) >= 11 is 0. The van der Waals surface area contributed by atoms with Crippen molar-refractivity contribution in [1.82, 2.24) is 0 Å². The molecule has 0 aliphatic carbocycles. The van der Waals surface area contributed by atoms with E-state index in [0.717, 1.165) is 24.4 Å². The molecule has 6 nitrogen and oxygen atoms in total. The van der Waals surface area contributed by atoms with Gasteiger partial charge in [-0.05, 0) is 12.1 Å². The molecule has 0 unspecified atom stereocenters. The van der Waals surface area contributed by atoms with Gasteiger partial charge in [0.15, 0.2) is 5.57 Å². The molecule has 1 aromatic carbocycles. The third kappa shape index (κ3) is 4.40. The van der Waals surface area contributed by atoms with Crippen molar-refractivity contribution < 1.29 is 37.0 Å². The predicted octanol–water partition coefficient (Wildman–Crippen LogP) is 2.60. The Kier molecular flexibility index (Phi) is 5.01. The second-order valence-electron chi connectivity index (χ2n) is 5.22. The lowest BCUT2D eigenvalue weighted by atomic mass is 10.2. The van der Waals surface area contributed by atoms with Crippen LogP contribution >= 0.6 is 0 Å². The third-order valence-electron chi connectivity index (χ3n) is 2.80. The molecule has 0 aromatic heterocycles. The lowest BCUT2D eigenvalue weighted by Crippen LogP contribution is -2.42. The number of alkyl halides is 2. The molecular weight excluding hydrogens is 331 g/mol. The highest BCUT2D eigenvalue weighted by molar-refractivity contribution is 6.15. The molecule has 1 heterocycles. The van der Waals surface area contributed by atoms with E-state index in [0.29, 0.717) is 0 Å². The maximum Gasteiger partial charge on any atom is 0.350 e. The Balaban J connectivity index is 2.20. The second kappa shape index (κ2) is 6.81. The van der Waals surface area contributed by atoms with Gasteiger partial charge in [0.1, 0.15) is 18.2 Å². The number of cyclic esters (lactones) is 2. The fourth-order valence-corrected chi connectivity index (χ4v) is 1.82. The molecule has 0 radical (unpaired) electrons. The number of anilines is 1. The number of carbonyl (C=O) groups excluding carboxylic acids is 2. The Morgan fingerprint density at radius 1 is 1.25 bits per heavy atom. The molecule has 1 N–H and O–H groups in total. The number of halogens is 3. The van der Waals surface area contributed by atoms with E-state index in [1.807, 2.05) is 0 Å². The summed E-state index contributed by atoms with van der Waals surface area (Å²) in [6.45, 7) is 1.88. The van der Waals surface area contributed by atoms with Gasteiger partial charge in [0, 0.05) is 26.1 Å². The molecule has 24 heavy (non-hydrogen) atoms. The minimum absolute atomic E-state index is 0.0476. The number of hydrogen-bond acceptors (Lipinski definition) is 6. The maximum absolute atomic E-state index is 13.3. The van der Waals surface area contributed by atoms with E-state index in [-0.39, 0.29) is 11.4 Å². The molecule has 0 atom stereocenters. The zero-order chi connectivity index (χ0) is 17.9. The first-order valence-corrected chi connectivity index (χ1v) is 6.82. The van der Waals surface area contributed by atoms with Crippen molar-refractivity contribution in [1.29, 1.82) is 0 Å². The van der Waals surface area contributed by atoms with Gasteiger partial charge in [-0.25, -0.2) is 22.8 Å². The number of nitrogens with one attached hydrogen (secondary N) is 1.